The number of hydrogen-bond acceptors (Lipinski definition) is 4. The number of nitrogens with zero attached hydrogens (tertiary/aromatic N) is 4. The summed E-state index contributed by atoms with van der Waals surface area (Å²) in [5, 5.41) is 10.8. The number of carbonyl (C=O) groups excluding carboxylic acids is 1. The van der Waals surface area contributed by atoms with Crippen molar-refractivity contribution in [3.63, 3.8) is 0 Å². The van der Waals surface area contributed by atoms with Crippen LogP contribution in [0.1, 0.15) is 49.3 Å². The molecular formula is C22H28N4OS. The summed E-state index contributed by atoms with van der Waals surface area (Å²) in [6, 6.07) is 6.97. The van der Waals surface area contributed by atoms with E-state index in [0.717, 1.165) is 47.7 Å². The van der Waals surface area contributed by atoms with Crippen molar-refractivity contribution in [1.29, 1.82) is 0 Å². The van der Waals surface area contributed by atoms with E-state index < -0.39 is 0 Å². The maximum absolute atomic E-state index is 12.9. The normalized spacial score (nSPS) is 17.6. The molecule has 0 unspecified atom stereocenters. The molecule has 1 aliphatic heterocycles. The highest BCUT2D eigenvalue weighted by molar-refractivity contribution is 7.99. The van der Waals surface area contributed by atoms with Crippen molar-refractivity contribution in [1.82, 2.24) is 19.5 Å². The van der Waals surface area contributed by atoms with Crippen LogP contribution < -0.4 is 0 Å². The molecule has 1 atom stereocenters. The van der Waals surface area contributed by atoms with E-state index in [2.05, 4.69) is 65.4 Å². The summed E-state index contributed by atoms with van der Waals surface area (Å²) in [4.78, 5) is 15.0. The molecule has 28 heavy (non-hydrogen) atoms. The molecule has 0 aliphatic carbocycles. The average Bonchev–Trinajstić information content (AvgIpc) is 3.10. The molecule has 4 rings (SSSR count). The third-order valence-electron chi connectivity index (χ3n) is 5.80. The number of fused-ring (bicyclic) bond motifs is 3. The lowest BCUT2D eigenvalue weighted by Gasteiger charge is -2.35. The summed E-state index contributed by atoms with van der Waals surface area (Å²) in [6.07, 6.45) is 4.51. The predicted octanol–water partition coefficient (Wildman–Crippen LogP) is 4.69. The first kappa shape index (κ1) is 19.2. The zero-order valence-corrected chi connectivity index (χ0v) is 18.0. The van der Waals surface area contributed by atoms with Crippen LogP contribution in [0.2, 0.25) is 0 Å². The number of hydrogen-bond donors (Lipinski definition) is 0. The highest BCUT2D eigenvalue weighted by Gasteiger charge is 2.25. The summed E-state index contributed by atoms with van der Waals surface area (Å²) in [5.74, 6) is 0.635. The molecule has 5 nitrogen and oxygen atoms in total. The second-order valence-electron chi connectivity index (χ2n) is 7.92. The summed E-state index contributed by atoms with van der Waals surface area (Å²) in [5.41, 5.74) is 5.56. The van der Waals surface area contributed by atoms with Gasteiger partial charge < -0.3 is 4.90 Å². The number of thioether (sulfide) groups is 1. The topological polar surface area (TPSA) is 50.5 Å². The van der Waals surface area contributed by atoms with E-state index in [9.17, 15) is 4.79 Å². The van der Waals surface area contributed by atoms with Crippen molar-refractivity contribution >= 4 is 34.2 Å². The lowest BCUT2D eigenvalue weighted by atomic mass is 10.0. The first-order valence-electron chi connectivity index (χ1n) is 10.2. The molecule has 1 aliphatic rings. The molecule has 1 amide bonds. The van der Waals surface area contributed by atoms with E-state index in [1.54, 1.807) is 0 Å². The zero-order valence-electron chi connectivity index (χ0n) is 17.2. The SMILES string of the molecule is CC[C@H]1CCCCN1C(=O)CSc1nnc2c(C)cc3cc(C)cc(C)c3n12. The number of amides is 1. The first-order valence-corrected chi connectivity index (χ1v) is 11.2. The number of aromatic nitrogens is 3. The van der Waals surface area contributed by atoms with Crippen LogP contribution in [0.25, 0.3) is 16.6 Å². The molecule has 6 heteroatoms. The highest BCUT2D eigenvalue weighted by atomic mass is 32.2. The molecule has 0 bridgehead atoms. The fourth-order valence-corrected chi connectivity index (χ4v) is 5.31. The van der Waals surface area contributed by atoms with Crippen LogP contribution in [0.4, 0.5) is 0 Å². The van der Waals surface area contributed by atoms with Crippen molar-refractivity contribution < 1.29 is 4.79 Å². The number of pyridine rings is 1. The summed E-state index contributed by atoms with van der Waals surface area (Å²) in [7, 11) is 0. The van der Waals surface area contributed by atoms with Gasteiger partial charge in [0.25, 0.3) is 0 Å². The van der Waals surface area contributed by atoms with Gasteiger partial charge in [0.2, 0.25) is 5.91 Å². The van der Waals surface area contributed by atoms with Crippen molar-refractivity contribution in [3.05, 3.63) is 34.9 Å². The van der Waals surface area contributed by atoms with Gasteiger partial charge in [0.15, 0.2) is 10.8 Å². The van der Waals surface area contributed by atoms with Crippen LogP contribution in [-0.2, 0) is 4.79 Å². The van der Waals surface area contributed by atoms with E-state index >= 15 is 0 Å². The third-order valence-corrected chi connectivity index (χ3v) is 6.71. The molecule has 2 aromatic heterocycles. The van der Waals surface area contributed by atoms with Gasteiger partial charge in [0.1, 0.15) is 0 Å². The van der Waals surface area contributed by atoms with E-state index in [1.807, 2.05) is 0 Å². The van der Waals surface area contributed by atoms with Crippen molar-refractivity contribution in [2.24, 2.45) is 0 Å². The molecule has 0 spiro atoms. The van der Waals surface area contributed by atoms with Crippen LogP contribution >= 0.6 is 11.8 Å². The smallest absolute Gasteiger partial charge is 0.233 e. The van der Waals surface area contributed by atoms with Gasteiger partial charge in [-0.3, -0.25) is 9.20 Å². The van der Waals surface area contributed by atoms with E-state index in [4.69, 9.17) is 0 Å². The Labute approximate surface area is 170 Å². The summed E-state index contributed by atoms with van der Waals surface area (Å²) in [6.45, 7) is 9.38. The Morgan fingerprint density at radius 2 is 1.96 bits per heavy atom. The fraction of sp³-hybridized carbons (Fsp3) is 0.500. The Kier molecular flexibility index (Phi) is 5.32. The van der Waals surface area contributed by atoms with Crippen molar-refractivity contribution in [2.75, 3.05) is 12.3 Å². The van der Waals surface area contributed by atoms with E-state index in [1.165, 1.54) is 34.7 Å². The van der Waals surface area contributed by atoms with Gasteiger partial charge >= 0.3 is 0 Å². The Balaban J connectivity index is 1.67. The molecule has 0 N–H and O–H groups in total. The molecular weight excluding hydrogens is 368 g/mol. The van der Waals surface area contributed by atoms with Gasteiger partial charge in [0.05, 0.1) is 11.3 Å². The minimum Gasteiger partial charge on any atom is -0.339 e. The number of piperidine rings is 1. The molecule has 3 aromatic rings. The monoisotopic (exact) mass is 396 g/mol. The highest BCUT2D eigenvalue weighted by Crippen LogP contribution is 2.29. The molecule has 1 saturated heterocycles. The fourth-order valence-electron chi connectivity index (χ4n) is 4.49. The number of rotatable bonds is 4. The van der Waals surface area contributed by atoms with Crippen LogP contribution in [-0.4, -0.2) is 43.7 Å². The molecule has 0 radical (unpaired) electrons. The Morgan fingerprint density at radius 3 is 2.75 bits per heavy atom. The number of likely N-dealkylation sites (tertiary alicyclic amines) is 1. The molecule has 0 saturated carbocycles. The van der Waals surface area contributed by atoms with Crippen molar-refractivity contribution in [3.8, 4) is 0 Å². The predicted molar refractivity (Wildman–Crippen MR) is 115 cm³/mol. The first-order chi connectivity index (χ1) is 13.5. The van der Waals surface area contributed by atoms with Gasteiger partial charge in [-0.15, -0.1) is 10.2 Å². The summed E-state index contributed by atoms with van der Waals surface area (Å²) < 4.78 is 2.13. The van der Waals surface area contributed by atoms with Gasteiger partial charge in [0, 0.05) is 12.6 Å². The summed E-state index contributed by atoms with van der Waals surface area (Å²) >= 11 is 1.51. The average molecular weight is 397 g/mol. The lowest BCUT2D eigenvalue weighted by Crippen LogP contribution is -2.44. The van der Waals surface area contributed by atoms with Crippen LogP contribution in [0, 0.1) is 20.8 Å². The van der Waals surface area contributed by atoms with Gasteiger partial charge in [-0.25, -0.2) is 0 Å². The Bertz CT molecular complexity index is 1040. The third kappa shape index (κ3) is 3.39. The van der Waals surface area contributed by atoms with Gasteiger partial charge in [-0.05, 0) is 75.1 Å². The minimum absolute atomic E-state index is 0.220. The minimum atomic E-state index is 0.220. The maximum atomic E-state index is 12.9. The van der Waals surface area contributed by atoms with Crippen molar-refractivity contribution in [2.45, 2.75) is 64.6 Å². The maximum Gasteiger partial charge on any atom is 0.233 e. The van der Waals surface area contributed by atoms with Gasteiger partial charge in [-0.2, -0.15) is 0 Å². The zero-order chi connectivity index (χ0) is 19.8. The molecule has 1 fully saturated rings. The standard InChI is InChI=1S/C22H28N4OS/c1-5-18-8-6-7-9-25(18)19(27)13-28-22-24-23-21-16(4)12-17-11-14(2)10-15(3)20(17)26(21)22/h10-12,18H,5-9,13H2,1-4H3/t18-/m0/s1. The number of carbonyl (C=O) groups is 1. The van der Waals surface area contributed by atoms with Crippen LogP contribution in [0.5, 0.6) is 0 Å². The largest absolute Gasteiger partial charge is 0.339 e. The van der Waals surface area contributed by atoms with Crippen LogP contribution in [0.3, 0.4) is 0 Å². The Morgan fingerprint density at radius 1 is 1.14 bits per heavy atom. The van der Waals surface area contributed by atoms with E-state index in [-0.39, 0.29) is 5.91 Å². The van der Waals surface area contributed by atoms with Gasteiger partial charge in [-0.1, -0.05) is 30.3 Å². The molecule has 148 valence electrons. The van der Waals surface area contributed by atoms with E-state index in [0.29, 0.717) is 11.8 Å². The Hall–Kier alpha value is -2.08. The molecule has 3 heterocycles. The lowest BCUT2D eigenvalue weighted by molar-refractivity contribution is -0.132. The number of aryl methyl sites for hydroxylation is 3. The second-order valence-corrected chi connectivity index (χ2v) is 8.86. The number of benzene rings is 1. The van der Waals surface area contributed by atoms with Crippen LogP contribution in [0.15, 0.2) is 23.4 Å². The second kappa shape index (κ2) is 7.74. The molecule has 1 aromatic carbocycles. The quantitative estimate of drug-likeness (QED) is 0.600.